The molecule has 4 heteroatoms. The molecule has 0 aliphatic carbocycles. The smallest absolute Gasteiger partial charge is 0.181 e. The van der Waals surface area contributed by atoms with Crippen molar-refractivity contribution in [2.24, 2.45) is 0 Å². The van der Waals surface area contributed by atoms with Crippen LogP contribution in [-0.4, -0.2) is 22.5 Å². The van der Waals surface area contributed by atoms with E-state index in [4.69, 9.17) is 5.73 Å². The van der Waals surface area contributed by atoms with Gasteiger partial charge in [0.15, 0.2) is 5.13 Å². The summed E-state index contributed by atoms with van der Waals surface area (Å²) in [5.74, 6) is 0. The minimum Gasteiger partial charge on any atom is -0.375 e. The minimum atomic E-state index is 0.628. The van der Waals surface area contributed by atoms with Crippen LogP contribution in [0.3, 0.4) is 0 Å². The van der Waals surface area contributed by atoms with E-state index in [0.717, 1.165) is 12.1 Å². The summed E-state index contributed by atoms with van der Waals surface area (Å²) in [5, 5.41) is 0.655. The van der Waals surface area contributed by atoms with E-state index in [9.17, 15) is 0 Å². The Morgan fingerprint density at radius 1 is 1.35 bits per heavy atom. The third kappa shape index (κ3) is 3.70. The second-order valence-electron chi connectivity index (χ2n) is 5.44. The Hall–Kier alpha value is -1.13. The quantitative estimate of drug-likeness (QED) is 0.828. The first kappa shape index (κ1) is 15.3. The van der Waals surface area contributed by atoms with Crippen molar-refractivity contribution in [1.29, 1.82) is 0 Å². The molecule has 1 aromatic carbocycles. The first-order valence-electron chi connectivity index (χ1n) is 7.53. The van der Waals surface area contributed by atoms with Gasteiger partial charge in [0.25, 0.3) is 0 Å². The van der Waals surface area contributed by atoms with E-state index in [2.05, 4.69) is 48.9 Å². The molecule has 2 rings (SSSR count). The third-order valence-corrected chi connectivity index (χ3v) is 4.72. The highest BCUT2D eigenvalue weighted by atomic mass is 32.1. The molecule has 20 heavy (non-hydrogen) atoms. The number of benzene rings is 1. The molecule has 0 radical (unpaired) electrons. The maximum Gasteiger partial charge on any atom is 0.181 e. The molecule has 3 nitrogen and oxygen atoms in total. The molecule has 1 atom stereocenters. The SMILES string of the molecule is CCCCN(Cc1ccc2nc(N)sc2c1)C(C)CC. The van der Waals surface area contributed by atoms with Gasteiger partial charge in [-0.25, -0.2) is 4.98 Å². The lowest BCUT2D eigenvalue weighted by Crippen LogP contribution is -2.32. The molecule has 2 N–H and O–H groups in total. The van der Waals surface area contributed by atoms with Crippen molar-refractivity contribution >= 4 is 26.7 Å². The number of thiazole rings is 1. The number of fused-ring (bicyclic) bond motifs is 1. The van der Waals surface area contributed by atoms with Gasteiger partial charge in [-0.2, -0.15) is 0 Å². The van der Waals surface area contributed by atoms with Gasteiger partial charge in [0, 0.05) is 12.6 Å². The topological polar surface area (TPSA) is 42.2 Å². The van der Waals surface area contributed by atoms with Crippen molar-refractivity contribution in [2.75, 3.05) is 12.3 Å². The van der Waals surface area contributed by atoms with Gasteiger partial charge >= 0.3 is 0 Å². The van der Waals surface area contributed by atoms with Gasteiger partial charge in [-0.15, -0.1) is 0 Å². The average Bonchev–Trinajstić information content (AvgIpc) is 2.81. The van der Waals surface area contributed by atoms with Crippen LogP contribution in [0.4, 0.5) is 5.13 Å². The summed E-state index contributed by atoms with van der Waals surface area (Å²) in [5.41, 5.74) is 8.15. The molecule has 110 valence electrons. The summed E-state index contributed by atoms with van der Waals surface area (Å²) in [7, 11) is 0. The van der Waals surface area contributed by atoms with Crippen LogP contribution >= 0.6 is 11.3 Å². The number of unbranched alkanes of at least 4 members (excludes halogenated alkanes) is 1. The summed E-state index contributed by atoms with van der Waals surface area (Å²) in [6, 6.07) is 7.14. The van der Waals surface area contributed by atoms with Crippen LogP contribution in [0.25, 0.3) is 10.2 Å². The zero-order chi connectivity index (χ0) is 14.5. The first-order chi connectivity index (χ1) is 9.63. The Kier molecular flexibility index (Phi) is 5.38. The normalized spacial score (nSPS) is 13.2. The molecule has 0 amide bonds. The molecule has 0 saturated carbocycles. The predicted molar refractivity (Wildman–Crippen MR) is 89.1 cm³/mol. The fourth-order valence-corrected chi connectivity index (χ4v) is 3.19. The minimum absolute atomic E-state index is 0.628. The Balaban J connectivity index is 2.14. The maximum absolute atomic E-state index is 5.77. The van der Waals surface area contributed by atoms with Crippen molar-refractivity contribution < 1.29 is 0 Å². The summed E-state index contributed by atoms with van der Waals surface area (Å²) in [6.07, 6.45) is 3.71. The molecule has 1 aromatic heterocycles. The second kappa shape index (κ2) is 7.04. The zero-order valence-electron chi connectivity index (χ0n) is 12.7. The monoisotopic (exact) mass is 291 g/mol. The number of hydrogen-bond acceptors (Lipinski definition) is 4. The van der Waals surface area contributed by atoms with Crippen molar-refractivity contribution in [1.82, 2.24) is 9.88 Å². The van der Waals surface area contributed by atoms with Gasteiger partial charge in [0.2, 0.25) is 0 Å². The number of nitrogens with two attached hydrogens (primary N) is 1. The fourth-order valence-electron chi connectivity index (χ4n) is 2.39. The lowest BCUT2D eigenvalue weighted by Gasteiger charge is -2.28. The van der Waals surface area contributed by atoms with Crippen molar-refractivity contribution in [3.05, 3.63) is 23.8 Å². The van der Waals surface area contributed by atoms with Crippen LogP contribution in [0.5, 0.6) is 0 Å². The van der Waals surface area contributed by atoms with E-state index < -0.39 is 0 Å². The number of rotatable bonds is 7. The average molecular weight is 291 g/mol. The highest BCUT2D eigenvalue weighted by Crippen LogP contribution is 2.25. The van der Waals surface area contributed by atoms with Gasteiger partial charge in [-0.1, -0.05) is 37.7 Å². The van der Waals surface area contributed by atoms with E-state index in [-0.39, 0.29) is 0 Å². The zero-order valence-corrected chi connectivity index (χ0v) is 13.5. The van der Waals surface area contributed by atoms with Crippen LogP contribution in [0.1, 0.15) is 45.6 Å². The molecular formula is C16H25N3S. The molecule has 0 aliphatic rings. The fraction of sp³-hybridized carbons (Fsp3) is 0.562. The number of nitrogen functional groups attached to an aromatic ring is 1. The Bertz CT molecular complexity index is 550. The van der Waals surface area contributed by atoms with Crippen LogP contribution in [0.2, 0.25) is 0 Å². The molecular weight excluding hydrogens is 266 g/mol. The van der Waals surface area contributed by atoms with Crippen molar-refractivity contribution in [3.8, 4) is 0 Å². The molecule has 0 aliphatic heterocycles. The van der Waals surface area contributed by atoms with Gasteiger partial charge in [-0.05, 0) is 44.0 Å². The molecule has 0 bridgehead atoms. The largest absolute Gasteiger partial charge is 0.375 e. The van der Waals surface area contributed by atoms with E-state index in [1.54, 1.807) is 11.3 Å². The van der Waals surface area contributed by atoms with Crippen LogP contribution in [0.15, 0.2) is 18.2 Å². The lowest BCUT2D eigenvalue weighted by molar-refractivity contribution is 0.192. The Morgan fingerprint density at radius 3 is 2.85 bits per heavy atom. The molecule has 0 saturated heterocycles. The highest BCUT2D eigenvalue weighted by Gasteiger charge is 2.12. The molecule has 0 spiro atoms. The summed E-state index contributed by atoms with van der Waals surface area (Å²) < 4.78 is 1.19. The van der Waals surface area contributed by atoms with Crippen molar-refractivity contribution in [2.45, 2.75) is 52.6 Å². The summed E-state index contributed by atoms with van der Waals surface area (Å²) in [6.45, 7) is 9.02. The van der Waals surface area contributed by atoms with Gasteiger partial charge in [-0.3, -0.25) is 4.90 Å². The third-order valence-electron chi connectivity index (χ3n) is 3.87. The number of anilines is 1. The maximum atomic E-state index is 5.77. The Labute approximate surface area is 125 Å². The van der Waals surface area contributed by atoms with Crippen LogP contribution < -0.4 is 5.73 Å². The molecule has 0 fully saturated rings. The molecule has 2 aromatic rings. The second-order valence-corrected chi connectivity index (χ2v) is 6.50. The highest BCUT2D eigenvalue weighted by molar-refractivity contribution is 7.22. The van der Waals surface area contributed by atoms with E-state index in [1.807, 2.05) is 0 Å². The predicted octanol–water partition coefficient (Wildman–Crippen LogP) is 4.28. The lowest BCUT2D eigenvalue weighted by atomic mass is 10.1. The number of nitrogens with zero attached hydrogens (tertiary/aromatic N) is 2. The molecule has 1 unspecified atom stereocenters. The van der Waals surface area contributed by atoms with Gasteiger partial charge < -0.3 is 5.73 Å². The van der Waals surface area contributed by atoms with E-state index in [1.165, 1.54) is 36.1 Å². The van der Waals surface area contributed by atoms with E-state index in [0.29, 0.717) is 11.2 Å². The Morgan fingerprint density at radius 2 is 2.15 bits per heavy atom. The van der Waals surface area contributed by atoms with Gasteiger partial charge in [0.1, 0.15) is 0 Å². The van der Waals surface area contributed by atoms with Crippen LogP contribution in [0, 0.1) is 0 Å². The summed E-state index contributed by atoms with van der Waals surface area (Å²) in [4.78, 5) is 6.90. The number of aromatic nitrogens is 1. The molecule has 1 heterocycles. The van der Waals surface area contributed by atoms with Crippen LogP contribution in [-0.2, 0) is 6.54 Å². The first-order valence-corrected chi connectivity index (χ1v) is 8.34. The van der Waals surface area contributed by atoms with E-state index >= 15 is 0 Å². The van der Waals surface area contributed by atoms with Gasteiger partial charge in [0.05, 0.1) is 10.2 Å². The standard InChI is InChI=1S/C16H25N3S/c1-4-6-9-19(12(3)5-2)11-13-7-8-14-15(10-13)20-16(17)18-14/h7-8,10,12H,4-6,9,11H2,1-3H3,(H2,17,18). The number of hydrogen-bond donors (Lipinski definition) is 1. The van der Waals surface area contributed by atoms with Crippen molar-refractivity contribution in [3.63, 3.8) is 0 Å². The summed E-state index contributed by atoms with van der Waals surface area (Å²) >= 11 is 1.57.